The molecule has 0 fully saturated rings. The first-order chi connectivity index (χ1) is 25.8. The van der Waals surface area contributed by atoms with Crippen LogP contribution in [0.15, 0.2) is 170 Å². The second-order valence-electron chi connectivity index (χ2n) is 13.2. The highest BCUT2D eigenvalue weighted by atomic mass is 16.5. The molecule has 0 aliphatic carbocycles. The summed E-state index contributed by atoms with van der Waals surface area (Å²) in [5.41, 5.74) is 8.39. The fraction of sp³-hybridized carbons (Fsp3) is 0. The summed E-state index contributed by atoms with van der Waals surface area (Å²) >= 11 is 0. The largest absolute Gasteiger partial charge is 0.458 e. The molecule has 4 heterocycles. The van der Waals surface area contributed by atoms with Gasteiger partial charge in [-0.1, -0.05) is 139 Å². The molecule has 0 amide bonds. The molecular formula is C45H28BN5O. The van der Waals surface area contributed by atoms with Gasteiger partial charge in [-0.25, -0.2) is 0 Å². The third-order valence-electron chi connectivity index (χ3n) is 10.4. The van der Waals surface area contributed by atoms with Gasteiger partial charge in [0, 0.05) is 27.1 Å². The number of ether oxygens (including phenoxy) is 1. The Kier molecular flexibility index (Phi) is 6.24. The smallest absolute Gasteiger partial charge is 0.251 e. The van der Waals surface area contributed by atoms with Gasteiger partial charge in [-0.15, -0.1) is 0 Å². The summed E-state index contributed by atoms with van der Waals surface area (Å²) in [6.45, 7) is -0.0949. The van der Waals surface area contributed by atoms with Gasteiger partial charge in [0.05, 0.1) is 22.1 Å². The molecule has 3 aromatic heterocycles. The lowest BCUT2D eigenvalue weighted by Crippen LogP contribution is -2.55. The molecule has 1 aliphatic heterocycles. The Bertz CT molecular complexity index is 2750. The Balaban J connectivity index is 1.24. The predicted octanol–water partition coefficient (Wildman–Crippen LogP) is 8.35. The first kappa shape index (κ1) is 28.8. The first-order valence-electron chi connectivity index (χ1n) is 17.5. The second-order valence-corrected chi connectivity index (χ2v) is 13.2. The number of para-hydroxylation sites is 6. The van der Waals surface area contributed by atoms with Gasteiger partial charge in [-0.05, 0) is 47.3 Å². The minimum Gasteiger partial charge on any atom is -0.458 e. The van der Waals surface area contributed by atoms with Crippen molar-refractivity contribution in [1.82, 2.24) is 24.1 Å². The molecular weight excluding hydrogens is 637 g/mol. The van der Waals surface area contributed by atoms with Crippen LogP contribution in [0.5, 0.6) is 11.5 Å². The van der Waals surface area contributed by atoms with E-state index in [1.807, 2.05) is 24.3 Å². The van der Waals surface area contributed by atoms with Crippen LogP contribution in [0.2, 0.25) is 0 Å². The normalized spacial score (nSPS) is 12.3. The fourth-order valence-electron chi connectivity index (χ4n) is 8.15. The van der Waals surface area contributed by atoms with E-state index in [1.165, 1.54) is 0 Å². The third kappa shape index (κ3) is 4.23. The van der Waals surface area contributed by atoms with Crippen molar-refractivity contribution in [1.29, 1.82) is 0 Å². The fourth-order valence-corrected chi connectivity index (χ4v) is 8.15. The Morgan fingerprint density at radius 1 is 0.365 bits per heavy atom. The van der Waals surface area contributed by atoms with E-state index in [9.17, 15) is 0 Å². The highest BCUT2D eigenvalue weighted by Crippen LogP contribution is 2.34. The van der Waals surface area contributed by atoms with Crippen LogP contribution in [0.1, 0.15) is 0 Å². The highest BCUT2D eigenvalue weighted by Gasteiger charge is 2.34. The average molecular weight is 666 g/mol. The van der Waals surface area contributed by atoms with Crippen LogP contribution >= 0.6 is 0 Å². The van der Waals surface area contributed by atoms with Crippen LogP contribution in [0, 0.1) is 0 Å². The Morgan fingerprint density at radius 3 is 1.19 bits per heavy atom. The monoisotopic (exact) mass is 665 g/mol. The maximum atomic E-state index is 6.43. The summed E-state index contributed by atoms with van der Waals surface area (Å²) in [5, 5.41) is 4.59. The summed E-state index contributed by atoms with van der Waals surface area (Å²) < 4.78 is 10.8. The molecule has 52 heavy (non-hydrogen) atoms. The topological polar surface area (TPSA) is 57.8 Å². The van der Waals surface area contributed by atoms with Crippen molar-refractivity contribution >= 4 is 66.7 Å². The lowest BCUT2D eigenvalue weighted by atomic mass is 9.35. The number of rotatable bonds is 4. The van der Waals surface area contributed by atoms with Gasteiger partial charge in [0.25, 0.3) is 6.71 Å². The number of nitrogens with zero attached hydrogens (tertiary/aromatic N) is 5. The molecule has 0 saturated heterocycles. The van der Waals surface area contributed by atoms with Crippen molar-refractivity contribution in [3.63, 3.8) is 0 Å². The van der Waals surface area contributed by atoms with Gasteiger partial charge in [0.2, 0.25) is 11.9 Å². The zero-order chi connectivity index (χ0) is 34.2. The molecule has 11 rings (SSSR count). The zero-order valence-corrected chi connectivity index (χ0v) is 27.9. The predicted molar refractivity (Wildman–Crippen MR) is 212 cm³/mol. The number of benzene rings is 7. The number of hydrogen-bond donors (Lipinski definition) is 0. The van der Waals surface area contributed by atoms with E-state index in [0.717, 1.165) is 77.1 Å². The summed E-state index contributed by atoms with van der Waals surface area (Å²) in [5.74, 6) is 3.42. The zero-order valence-electron chi connectivity index (χ0n) is 27.9. The Morgan fingerprint density at radius 2 is 0.731 bits per heavy atom. The molecule has 6 nitrogen and oxygen atoms in total. The lowest BCUT2D eigenvalue weighted by molar-refractivity contribution is 0.487. The van der Waals surface area contributed by atoms with E-state index in [0.29, 0.717) is 17.7 Å². The van der Waals surface area contributed by atoms with E-state index >= 15 is 0 Å². The van der Waals surface area contributed by atoms with Gasteiger partial charge in [-0.2, -0.15) is 15.0 Å². The van der Waals surface area contributed by atoms with Crippen LogP contribution in [0.25, 0.3) is 66.9 Å². The lowest BCUT2D eigenvalue weighted by Gasteiger charge is -2.27. The minimum absolute atomic E-state index is 0.0949. The molecule has 0 N–H and O–H groups in total. The Labute approximate surface area is 299 Å². The molecule has 0 unspecified atom stereocenters. The Hall–Kier alpha value is -6.99. The van der Waals surface area contributed by atoms with E-state index in [2.05, 4.69) is 155 Å². The van der Waals surface area contributed by atoms with Crippen LogP contribution in [-0.4, -0.2) is 30.8 Å². The van der Waals surface area contributed by atoms with Crippen LogP contribution in [0.3, 0.4) is 0 Å². The molecule has 10 aromatic rings. The molecule has 0 atom stereocenters. The molecule has 0 bridgehead atoms. The third-order valence-corrected chi connectivity index (χ3v) is 10.4. The first-order valence-corrected chi connectivity index (χ1v) is 17.5. The van der Waals surface area contributed by atoms with Gasteiger partial charge >= 0.3 is 0 Å². The van der Waals surface area contributed by atoms with Crippen molar-refractivity contribution in [2.45, 2.75) is 0 Å². The van der Waals surface area contributed by atoms with Crippen molar-refractivity contribution in [3.05, 3.63) is 170 Å². The average Bonchev–Trinajstić information content (AvgIpc) is 3.73. The van der Waals surface area contributed by atoms with Gasteiger partial charge in [0.15, 0.2) is 5.82 Å². The minimum atomic E-state index is -0.0949. The maximum absolute atomic E-state index is 6.43. The van der Waals surface area contributed by atoms with Crippen LogP contribution in [-0.2, 0) is 0 Å². The highest BCUT2D eigenvalue weighted by molar-refractivity contribution is 6.97. The molecule has 7 heteroatoms. The standard InChI is InChI=1S/C45H28BN5O/c1-6-20-34(46-35-21-7-13-27-41(35)52-42-28-14-8-22-36(42)46)33(19-1)43-47-44(50-37-23-9-2-15-29(37)30-16-3-10-24-38(30)50)49-45(48-43)51-39-25-11-4-17-31(39)32-18-5-12-26-40(32)51/h1-28H. The summed E-state index contributed by atoms with van der Waals surface area (Å²) in [6, 6.07) is 59.0. The molecule has 0 saturated carbocycles. The summed E-state index contributed by atoms with van der Waals surface area (Å²) in [4.78, 5) is 16.1. The number of hydrogen-bond acceptors (Lipinski definition) is 4. The molecule has 0 spiro atoms. The number of aromatic nitrogens is 5. The van der Waals surface area contributed by atoms with Crippen molar-refractivity contribution in [3.8, 4) is 34.8 Å². The molecule has 7 aromatic carbocycles. The summed E-state index contributed by atoms with van der Waals surface area (Å²) in [6.07, 6.45) is 0. The van der Waals surface area contributed by atoms with Crippen molar-refractivity contribution in [2.75, 3.05) is 0 Å². The molecule has 1 aliphatic rings. The van der Waals surface area contributed by atoms with E-state index in [-0.39, 0.29) is 6.71 Å². The van der Waals surface area contributed by atoms with Gasteiger partial charge in [0.1, 0.15) is 11.5 Å². The van der Waals surface area contributed by atoms with E-state index < -0.39 is 0 Å². The molecule has 242 valence electrons. The molecule has 0 radical (unpaired) electrons. The maximum Gasteiger partial charge on any atom is 0.251 e. The second kappa shape index (κ2) is 11.3. The van der Waals surface area contributed by atoms with Crippen LogP contribution in [0.4, 0.5) is 0 Å². The van der Waals surface area contributed by atoms with Crippen molar-refractivity contribution < 1.29 is 4.74 Å². The summed E-state index contributed by atoms with van der Waals surface area (Å²) in [7, 11) is 0. The quantitative estimate of drug-likeness (QED) is 0.177. The van der Waals surface area contributed by atoms with Crippen LogP contribution < -0.4 is 21.1 Å². The van der Waals surface area contributed by atoms with Gasteiger partial charge < -0.3 is 4.74 Å². The number of fused-ring (bicyclic) bond motifs is 8. The van der Waals surface area contributed by atoms with E-state index in [1.54, 1.807) is 0 Å². The van der Waals surface area contributed by atoms with Crippen molar-refractivity contribution in [2.24, 2.45) is 0 Å². The SMILES string of the molecule is c1ccc2c(c1)Oc1ccccc1B2c1ccccc1-c1nc(-n2c3ccccc3c3ccccc32)nc(-n2c3ccccc3c3ccccc32)n1. The van der Waals surface area contributed by atoms with Gasteiger partial charge in [-0.3, -0.25) is 9.13 Å². The van der Waals surface area contributed by atoms with E-state index in [4.69, 9.17) is 19.7 Å².